The third-order valence-electron chi connectivity index (χ3n) is 4.39. The number of hydrogen-bond acceptors (Lipinski definition) is 5. The van der Waals surface area contributed by atoms with Crippen LogP contribution < -0.4 is 16.8 Å². The van der Waals surface area contributed by atoms with Gasteiger partial charge in [0.05, 0.1) is 5.69 Å². The van der Waals surface area contributed by atoms with E-state index in [1.165, 1.54) is 11.1 Å². The van der Waals surface area contributed by atoms with Gasteiger partial charge in [-0.05, 0) is 38.2 Å². The van der Waals surface area contributed by atoms with Crippen molar-refractivity contribution in [2.75, 3.05) is 17.6 Å². The van der Waals surface area contributed by atoms with Gasteiger partial charge in [0.2, 0.25) is 5.95 Å². The zero-order valence-corrected chi connectivity index (χ0v) is 13.6. The minimum atomic E-state index is 0.307. The lowest BCUT2D eigenvalue weighted by Crippen LogP contribution is -2.35. The highest BCUT2D eigenvalue weighted by Crippen LogP contribution is 2.35. The summed E-state index contributed by atoms with van der Waals surface area (Å²) in [7, 11) is 0. The lowest BCUT2D eigenvalue weighted by Gasteiger charge is -2.32. The van der Waals surface area contributed by atoms with Crippen LogP contribution in [0.25, 0.3) is 0 Å². The van der Waals surface area contributed by atoms with Crippen molar-refractivity contribution in [3.05, 3.63) is 47.2 Å². The van der Waals surface area contributed by atoms with Crippen LogP contribution in [0.15, 0.2) is 30.3 Å². The van der Waals surface area contributed by atoms with Crippen molar-refractivity contribution < 1.29 is 0 Å². The average molecular weight is 311 g/mol. The van der Waals surface area contributed by atoms with E-state index < -0.39 is 0 Å². The van der Waals surface area contributed by atoms with E-state index in [9.17, 15) is 0 Å². The number of nitrogen functional groups attached to an aromatic ring is 1. The highest BCUT2D eigenvalue weighted by atomic mass is 15.1. The summed E-state index contributed by atoms with van der Waals surface area (Å²) in [6.45, 7) is 2.99. The largest absolute Gasteiger partial charge is 0.370 e. The smallest absolute Gasteiger partial charge is 0.222 e. The summed E-state index contributed by atoms with van der Waals surface area (Å²) < 4.78 is 0. The van der Waals surface area contributed by atoms with E-state index >= 15 is 0 Å². The van der Waals surface area contributed by atoms with E-state index in [1.807, 2.05) is 6.07 Å². The second-order valence-electron chi connectivity index (χ2n) is 6.48. The maximum Gasteiger partial charge on any atom is 0.222 e. The van der Waals surface area contributed by atoms with Gasteiger partial charge in [0, 0.05) is 24.6 Å². The molecule has 1 fully saturated rings. The minimum absolute atomic E-state index is 0.307. The number of aromatic nitrogens is 2. The van der Waals surface area contributed by atoms with Gasteiger partial charge in [-0.1, -0.05) is 29.8 Å². The molecule has 3 rings (SSSR count). The Balaban J connectivity index is 1.52. The molecule has 5 heteroatoms. The molecule has 23 heavy (non-hydrogen) atoms. The van der Waals surface area contributed by atoms with Crippen LogP contribution in [0.5, 0.6) is 0 Å². The molecule has 0 saturated heterocycles. The van der Waals surface area contributed by atoms with Crippen LogP contribution in [-0.2, 0) is 6.42 Å². The number of aryl methyl sites for hydroxylation is 2. The molecule has 1 saturated carbocycles. The van der Waals surface area contributed by atoms with Crippen LogP contribution in [0.3, 0.4) is 0 Å². The van der Waals surface area contributed by atoms with E-state index in [4.69, 9.17) is 11.5 Å². The number of nitrogens with one attached hydrogen (secondary N) is 1. The van der Waals surface area contributed by atoms with Gasteiger partial charge in [0.1, 0.15) is 5.82 Å². The molecule has 1 aromatic carbocycles. The van der Waals surface area contributed by atoms with E-state index in [-0.39, 0.29) is 0 Å². The molecule has 0 bridgehead atoms. The molecule has 0 aliphatic heterocycles. The second-order valence-corrected chi connectivity index (χ2v) is 6.48. The molecule has 2 aromatic rings. The van der Waals surface area contributed by atoms with Gasteiger partial charge in [-0.25, -0.2) is 4.98 Å². The van der Waals surface area contributed by atoms with E-state index in [0.29, 0.717) is 17.9 Å². The highest BCUT2D eigenvalue weighted by molar-refractivity contribution is 5.42. The van der Waals surface area contributed by atoms with Crippen molar-refractivity contribution in [3.8, 4) is 0 Å². The van der Waals surface area contributed by atoms with Crippen LogP contribution in [0.4, 0.5) is 11.8 Å². The first kappa shape index (κ1) is 15.7. The fourth-order valence-electron chi connectivity index (χ4n) is 3.06. The normalized spacial score (nSPS) is 20.1. The Morgan fingerprint density at radius 1 is 1.22 bits per heavy atom. The summed E-state index contributed by atoms with van der Waals surface area (Å²) in [6, 6.07) is 11.0. The van der Waals surface area contributed by atoms with E-state index in [0.717, 1.165) is 43.7 Å². The Morgan fingerprint density at radius 2 is 2.04 bits per heavy atom. The first-order valence-corrected chi connectivity index (χ1v) is 8.29. The molecule has 1 aliphatic carbocycles. The molecule has 0 radical (unpaired) electrons. The van der Waals surface area contributed by atoms with Gasteiger partial charge in [-0.15, -0.1) is 0 Å². The molecule has 0 amide bonds. The molecule has 1 aliphatic rings. The summed E-state index contributed by atoms with van der Waals surface area (Å²) in [4.78, 5) is 8.62. The topological polar surface area (TPSA) is 89.8 Å². The first-order valence-electron chi connectivity index (χ1n) is 8.29. The van der Waals surface area contributed by atoms with Crippen molar-refractivity contribution >= 4 is 11.8 Å². The first-order chi connectivity index (χ1) is 11.1. The maximum atomic E-state index is 5.86. The van der Waals surface area contributed by atoms with Crippen molar-refractivity contribution in [3.63, 3.8) is 0 Å². The van der Waals surface area contributed by atoms with Crippen LogP contribution in [0.1, 0.15) is 42.0 Å². The molecule has 5 N–H and O–H groups in total. The Morgan fingerprint density at radius 3 is 2.78 bits per heavy atom. The summed E-state index contributed by atoms with van der Waals surface area (Å²) in [5, 5.41) is 3.36. The third-order valence-corrected chi connectivity index (χ3v) is 4.39. The standard InChI is InChI=1S/C18H25N5/c1-12-4-2-5-13(8-12)6-3-7-21-17-11-16(22-18(20)23-17)14-9-15(19)10-14/h2,4-5,8,11,14-15H,3,6-7,9-10,19H2,1H3,(H3,20,21,22,23). The maximum absolute atomic E-state index is 5.86. The third kappa shape index (κ3) is 4.20. The number of anilines is 2. The molecule has 0 unspecified atom stereocenters. The molecule has 0 atom stereocenters. The number of benzene rings is 1. The zero-order chi connectivity index (χ0) is 16.2. The Kier molecular flexibility index (Phi) is 4.76. The SMILES string of the molecule is Cc1cccc(CCCNc2cc(C3CC(N)C3)nc(N)n2)c1. The van der Waals surface area contributed by atoms with Crippen LogP contribution in [0.2, 0.25) is 0 Å². The predicted octanol–water partition coefficient (Wildman–Crippen LogP) is 2.62. The van der Waals surface area contributed by atoms with Crippen LogP contribution >= 0.6 is 0 Å². The van der Waals surface area contributed by atoms with Crippen molar-refractivity contribution in [2.45, 2.75) is 44.6 Å². The van der Waals surface area contributed by atoms with Crippen molar-refractivity contribution in [1.29, 1.82) is 0 Å². The van der Waals surface area contributed by atoms with Gasteiger partial charge in [-0.3, -0.25) is 0 Å². The monoisotopic (exact) mass is 311 g/mol. The Labute approximate surface area is 137 Å². The minimum Gasteiger partial charge on any atom is -0.370 e. The van der Waals surface area contributed by atoms with Gasteiger partial charge in [-0.2, -0.15) is 4.98 Å². The molecule has 5 nitrogen and oxygen atoms in total. The molecular weight excluding hydrogens is 286 g/mol. The molecular formula is C18H25N5. The van der Waals surface area contributed by atoms with Gasteiger partial charge in [0.15, 0.2) is 0 Å². The molecule has 1 heterocycles. The van der Waals surface area contributed by atoms with Crippen LogP contribution in [-0.4, -0.2) is 22.6 Å². The van der Waals surface area contributed by atoms with Gasteiger partial charge in [0.25, 0.3) is 0 Å². The molecule has 0 spiro atoms. The Bertz CT molecular complexity index is 664. The fraction of sp³-hybridized carbons (Fsp3) is 0.444. The van der Waals surface area contributed by atoms with E-state index in [1.54, 1.807) is 0 Å². The average Bonchev–Trinajstić information content (AvgIpc) is 2.48. The lowest BCUT2D eigenvalue weighted by molar-refractivity contribution is 0.345. The summed E-state index contributed by atoms with van der Waals surface area (Å²) in [6.07, 6.45) is 4.09. The number of hydrogen-bond donors (Lipinski definition) is 3. The van der Waals surface area contributed by atoms with Crippen molar-refractivity contribution in [2.24, 2.45) is 5.73 Å². The Hall–Kier alpha value is -2.14. The lowest BCUT2D eigenvalue weighted by atomic mass is 9.78. The summed E-state index contributed by atoms with van der Waals surface area (Å²) in [5.74, 6) is 1.59. The van der Waals surface area contributed by atoms with E-state index in [2.05, 4.69) is 46.5 Å². The van der Waals surface area contributed by atoms with Gasteiger partial charge < -0.3 is 16.8 Å². The summed E-state index contributed by atoms with van der Waals surface area (Å²) >= 11 is 0. The molecule has 122 valence electrons. The number of nitrogens with two attached hydrogens (primary N) is 2. The zero-order valence-electron chi connectivity index (χ0n) is 13.6. The second kappa shape index (κ2) is 6.96. The highest BCUT2D eigenvalue weighted by Gasteiger charge is 2.29. The van der Waals surface area contributed by atoms with Crippen molar-refractivity contribution in [1.82, 2.24) is 9.97 Å². The number of nitrogens with zero attached hydrogens (tertiary/aromatic N) is 2. The quantitative estimate of drug-likeness (QED) is 0.714. The fourth-order valence-corrected chi connectivity index (χ4v) is 3.06. The van der Waals surface area contributed by atoms with Gasteiger partial charge >= 0.3 is 0 Å². The van der Waals surface area contributed by atoms with Crippen LogP contribution in [0, 0.1) is 6.92 Å². The summed E-state index contributed by atoms with van der Waals surface area (Å²) in [5.41, 5.74) is 15.4. The molecule has 1 aromatic heterocycles. The number of rotatable bonds is 6. The predicted molar refractivity (Wildman–Crippen MR) is 94.4 cm³/mol.